The number of aliphatic hydroxyl groups excluding tert-OH is 1. The molecule has 0 bridgehead atoms. The first-order valence-electron chi connectivity index (χ1n) is 7.16. The lowest BCUT2D eigenvalue weighted by atomic mass is 10.1. The van der Waals surface area contributed by atoms with E-state index in [0.717, 1.165) is 17.7 Å². The highest BCUT2D eigenvalue weighted by Crippen LogP contribution is 2.13. The van der Waals surface area contributed by atoms with Crippen molar-refractivity contribution in [2.75, 3.05) is 5.32 Å². The third kappa shape index (κ3) is 4.30. The van der Waals surface area contributed by atoms with Gasteiger partial charge in [0.2, 0.25) is 0 Å². The second-order valence-electron chi connectivity index (χ2n) is 4.96. The first kappa shape index (κ1) is 16.0. The van der Waals surface area contributed by atoms with Gasteiger partial charge < -0.3 is 16.2 Å². The van der Waals surface area contributed by atoms with Gasteiger partial charge in [0.05, 0.1) is 13.2 Å². The fraction of sp³-hybridized carbons (Fsp3) is 0.235. The van der Waals surface area contributed by atoms with Crippen LogP contribution in [0.15, 0.2) is 47.5 Å². The summed E-state index contributed by atoms with van der Waals surface area (Å²) in [6.45, 7) is 2.07. The van der Waals surface area contributed by atoms with Gasteiger partial charge in [-0.1, -0.05) is 25.1 Å². The van der Waals surface area contributed by atoms with Crippen LogP contribution in [0.1, 0.15) is 23.6 Å². The number of hydrogen-bond donors (Lipinski definition) is 3. The zero-order valence-corrected chi connectivity index (χ0v) is 12.5. The molecule has 2 aromatic rings. The van der Waals surface area contributed by atoms with Crippen LogP contribution in [0.5, 0.6) is 0 Å². The van der Waals surface area contributed by atoms with E-state index in [1.54, 1.807) is 12.1 Å². The van der Waals surface area contributed by atoms with Crippen molar-refractivity contribution >= 4 is 11.6 Å². The summed E-state index contributed by atoms with van der Waals surface area (Å²) in [7, 11) is 0. The topological polar surface area (TPSA) is 70.6 Å². The van der Waals surface area contributed by atoms with Crippen LogP contribution in [0, 0.1) is 5.82 Å². The maximum atomic E-state index is 13.3. The third-order valence-corrected chi connectivity index (χ3v) is 3.32. The molecule has 0 aliphatic carbocycles. The Labute approximate surface area is 129 Å². The normalized spacial score (nSPS) is 11.5. The predicted molar refractivity (Wildman–Crippen MR) is 87.1 cm³/mol. The van der Waals surface area contributed by atoms with Crippen molar-refractivity contribution in [1.29, 1.82) is 0 Å². The number of aliphatic hydroxyl groups is 1. The number of aryl methyl sites for hydroxylation is 1. The fourth-order valence-corrected chi connectivity index (χ4v) is 2.08. The molecular formula is C17H20FN3O. The molecule has 0 aliphatic heterocycles. The van der Waals surface area contributed by atoms with Gasteiger partial charge >= 0.3 is 0 Å². The average molecular weight is 301 g/mol. The molecule has 0 aliphatic rings. The lowest BCUT2D eigenvalue weighted by molar-refractivity contribution is 0.275. The molecule has 0 saturated carbocycles. The Hall–Kier alpha value is -2.40. The van der Waals surface area contributed by atoms with Gasteiger partial charge in [0, 0.05) is 11.3 Å². The van der Waals surface area contributed by atoms with Gasteiger partial charge in [0.15, 0.2) is 5.96 Å². The molecule has 0 atom stereocenters. The maximum absolute atomic E-state index is 13.3. The number of guanidine groups is 1. The lowest BCUT2D eigenvalue weighted by Crippen LogP contribution is -2.22. The maximum Gasteiger partial charge on any atom is 0.193 e. The number of aliphatic imine (C=N–C) groups is 1. The predicted octanol–water partition coefficient (Wildman–Crippen LogP) is 2.81. The molecule has 2 aromatic carbocycles. The second kappa shape index (κ2) is 7.56. The van der Waals surface area contributed by atoms with Crippen LogP contribution in [-0.4, -0.2) is 11.1 Å². The molecule has 5 heteroatoms. The van der Waals surface area contributed by atoms with Crippen LogP contribution < -0.4 is 11.1 Å². The molecule has 22 heavy (non-hydrogen) atoms. The van der Waals surface area contributed by atoms with E-state index in [0.29, 0.717) is 12.5 Å². The summed E-state index contributed by atoms with van der Waals surface area (Å²) in [5, 5.41) is 12.1. The molecule has 0 radical (unpaired) electrons. The van der Waals surface area contributed by atoms with Gasteiger partial charge in [0.1, 0.15) is 5.82 Å². The van der Waals surface area contributed by atoms with E-state index in [4.69, 9.17) is 10.8 Å². The van der Waals surface area contributed by atoms with E-state index < -0.39 is 5.82 Å². The molecule has 0 saturated heterocycles. The standard InChI is InChI=1S/C17H20FN3O/c1-2-12-4-3-5-15(9-12)21-17(19)20-10-13-6-7-16(18)14(8-13)11-22/h3-9,22H,2,10-11H2,1H3,(H3,19,20,21). The number of rotatable bonds is 5. The number of benzene rings is 2. The molecule has 0 heterocycles. The molecule has 2 rings (SSSR count). The Balaban J connectivity index is 2.03. The molecule has 0 unspecified atom stereocenters. The van der Waals surface area contributed by atoms with Crippen LogP contribution in [0.3, 0.4) is 0 Å². The summed E-state index contributed by atoms with van der Waals surface area (Å²) < 4.78 is 13.3. The first-order chi connectivity index (χ1) is 10.6. The third-order valence-electron chi connectivity index (χ3n) is 3.32. The van der Waals surface area contributed by atoms with E-state index in [9.17, 15) is 4.39 Å². The lowest BCUT2D eigenvalue weighted by Gasteiger charge is -2.07. The molecular weight excluding hydrogens is 281 g/mol. The second-order valence-corrected chi connectivity index (χ2v) is 4.96. The minimum Gasteiger partial charge on any atom is -0.392 e. The molecule has 4 N–H and O–H groups in total. The van der Waals surface area contributed by atoms with Crippen LogP contribution in [-0.2, 0) is 19.6 Å². The van der Waals surface area contributed by atoms with Crippen molar-refractivity contribution < 1.29 is 9.50 Å². The summed E-state index contributed by atoms with van der Waals surface area (Å²) in [6, 6.07) is 12.5. The average Bonchev–Trinajstić information content (AvgIpc) is 2.54. The largest absolute Gasteiger partial charge is 0.392 e. The van der Waals surface area contributed by atoms with Crippen LogP contribution in [0.4, 0.5) is 10.1 Å². The summed E-state index contributed by atoms with van der Waals surface area (Å²) >= 11 is 0. The van der Waals surface area contributed by atoms with Crippen molar-refractivity contribution in [3.63, 3.8) is 0 Å². The van der Waals surface area contributed by atoms with Gasteiger partial charge in [-0.25, -0.2) is 9.38 Å². The van der Waals surface area contributed by atoms with Crippen LogP contribution in [0.2, 0.25) is 0 Å². The Kier molecular flexibility index (Phi) is 5.49. The Morgan fingerprint density at radius 3 is 2.77 bits per heavy atom. The highest BCUT2D eigenvalue weighted by Gasteiger charge is 2.02. The molecule has 0 fully saturated rings. The van der Waals surface area contributed by atoms with E-state index in [1.807, 2.05) is 24.3 Å². The van der Waals surface area contributed by atoms with Crippen molar-refractivity contribution in [1.82, 2.24) is 0 Å². The number of nitrogens with one attached hydrogen (secondary N) is 1. The van der Waals surface area contributed by atoms with E-state index in [1.165, 1.54) is 11.6 Å². The van der Waals surface area contributed by atoms with Gasteiger partial charge in [-0.3, -0.25) is 0 Å². The number of halogens is 1. The van der Waals surface area contributed by atoms with Gasteiger partial charge in [-0.2, -0.15) is 0 Å². The summed E-state index contributed by atoms with van der Waals surface area (Å²) in [5.41, 5.74) is 9.01. The Morgan fingerprint density at radius 1 is 1.23 bits per heavy atom. The Bertz CT molecular complexity index is 671. The molecule has 0 aromatic heterocycles. The number of hydrogen-bond acceptors (Lipinski definition) is 2. The van der Waals surface area contributed by atoms with E-state index >= 15 is 0 Å². The number of nitrogens with zero attached hydrogens (tertiary/aromatic N) is 1. The van der Waals surface area contributed by atoms with E-state index in [2.05, 4.69) is 17.2 Å². The van der Waals surface area contributed by atoms with Gasteiger partial charge in [-0.15, -0.1) is 0 Å². The van der Waals surface area contributed by atoms with Crippen LogP contribution >= 0.6 is 0 Å². The highest BCUT2D eigenvalue weighted by molar-refractivity contribution is 5.92. The van der Waals surface area contributed by atoms with Crippen molar-refractivity contribution in [3.05, 3.63) is 65.0 Å². The monoisotopic (exact) mass is 301 g/mol. The molecule has 0 amide bonds. The van der Waals surface area contributed by atoms with Gasteiger partial charge in [-0.05, 0) is 41.8 Å². The minimum absolute atomic E-state index is 0.259. The minimum atomic E-state index is -0.419. The zero-order chi connectivity index (χ0) is 15.9. The highest BCUT2D eigenvalue weighted by atomic mass is 19.1. The number of nitrogens with two attached hydrogens (primary N) is 1. The van der Waals surface area contributed by atoms with Gasteiger partial charge in [0.25, 0.3) is 0 Å². The fourth-order valence-electron chi connectivity index (χ4n) is 2.08. The summed E-state index contributed by atoms with van der Waals surface area (Å²) in [5.74, 6) is -0.124. The molecule has 4 nitrogen and oxygen atoms in total. The molecule has 0 spiro atoms. The smallest absolute Gasteiger partial charge is 0.193 e. The zero-order valence-electron chi connectivity index (χ0n) is 12.5. The Morgan fingerprint density at radius 2 is 2.05 bits per heavy atom. The molecule has 116 valence electrons. The summed E-state index contributed by atoms with van der Waals surface area (Å²) in [6.07, 6.45) is 0.950. The first-order valence-corrected chi connectivity index (χ1v) is 7.16. The van der Waals surface area contributed by atoms with Crippen LogP contribution in [0.25, 0.3) is 0 Å². The SMILES string of the molecule is CCc1cccc(NC(N)=NCc2ccc(F)c(CO)c2)c1. The van der Waals surface area contributed by atoms with Crippen molar-refractivity contribution in [2.45, 2.75) is 26.5 Å². The summed E-state index contributed by atoms with van der Waals surface area (Å²) in [4.78, 5) is 4.23. The number of anilines is 1. The van der Waals surface area contributed by atoms with Crippen molar-refractivity contribution in [2.24, 2.45) is 10.7 Å². The van der Waals surface area contributed by atoms with Crippen molar-refractivity contribution in [3.8, 4) is 0 Å². The van der Waals surface area contributed by atoms with E-state index in [-0.39, 0.29) is 12.2 Å². The quantitative estimate of drug-likeness (QED) is 0.587.